The summed E-state index contributed by atoms with van der Waals surface area (Å²) in [6, 6.07) is 10.5. The third-order valence-electron chi connectivity index (χ3n) is 4.85. The number of hydrogen-bond acceptors (Lipinski definition) is 5. The second kappa shape index (κ2) is 9.38. The van der Waals surface area contributed by atoms with E-state index in [9.17, 15) is 31.5 Å². The SMILES string of the molecule is CC(Oc1c(F)c(F)c(F)c(F)c1F)C(=O)Oc1ccc2c(c1)O/C(=C\c1ccccc1Cl)C2=O. The number of fused-ring (bicyclic) bond motifs is 1. The number of benzene rings is 3. The van der Waals surface area contributed by atoms with Gasteiger partial charge in [-0.2, -0.15) is 8.78 Å². The summed E-state index contributed by atoms with van der Waals surface area (Å²) in [5.41, 5.74) is 0.713. The Balaban J connectivity index is 1.50. The van der Waals surface area contributed by atoms with Gasteiger partial charge in [-0.25, -0.2) is 18.0 Å². The van der Waals surface area contributed by atoms with Gasteiger partial charge < -0.3 is 14.2 Å². The molecule has 0 N–H and O–H groups in total. The summed E-state index contributed by atoms with van der Waals surface area (Å²) in [5, 5.41) is 0.393. The summed E-state index contributed by atoms with van der Waals surface area (Å²) in [6.45, 7) is 0.984. The minimum Gasteiger partial charge on any atom is -0.473 e. The molecule has 1 heterocycles. The average molecular weight is 511 g/mol. The Hall–Kier alpha value is -3.92. The van der Waals surface area contributed by atoms with Gasteiger partial charge in [0.15, 0.2) is 17.6 Å². The van der Waals surface area contributed by atoms with Crippen molar-refractivity contribution in [3.05, 3.63) is 93.5 Å². The van der Waals surface area contributed by atoms with Crippen LogP contribution in [-0.2, 0) is 4.79 Å². The number of rotatable bonds is 5. The highest BCUT2D eigenvalue weighted by Crippen LogP contribution is 2.36. The molecule has 35 heavy (non-hydrogen) atoms. The zero-order chi connectivity index (χ0) is 25.4. The Morgan fingerprint density at radius 3 is 2.26 bits per heavy atom. The van der Waals surface area contributed by atoms with Gasteiger partial charge in [0.1, 0.15) is 11.5 Å². The summed E-state index contributed by atoms with van der Waals surface area (Å²) < 4.78 is 82.7. The molecule has 3 aromatic carbocycles. The summed E-state index contributed by atoms with van der Waals surface area (Å²) >= 11 is 6.09. The van der Waals surface area contributed by atoms with Crippen LogP contribution in [0.2, 0.25) is 5.02 Å². The Bertz CT molecular complexity index is 1380. The standard InChI is InChI=1S/C24H12ClF5O5/c1-10(33-23-20(29)18(27)17(26)19(28)21(23)30)24(32)34-12-6-7-13-15(9-12)35-16(22(13)31)8-11-4-2-3-5-14(11)25/h2-10H,1H3/b16-8-. The number of hydrogen-bond donors (Lipinski definition) is 0. The smallest absolute Gasteiger partial charge is 0.352 e. The lowest BCUT2D eigenvalue weighted by atomic mass is 10.1. The van der Waals surface area contributed by atoms with Crippen LogP contribution in [0.4, 0.5) is 22.0 Å². The third kappa shape index (κ3) is 4.57. The third-order valence-corrected chi connectivity index (χ3v) is 5.19. The van der Waals surface area contributed by atoms with Gasteiger partial charge in [-0.1, -0.05) is 29.8 Å². The van der Waals surface area contributed by atoms with E-state index >= 15 is 0 Å². The average Bonchev–Trinajstić information content (AvgIpc) is 3.14. The van der Waals surface area contributed by atoms with E-state index in [1.54, 1.807) is 24.3 Å². The molecular formula is C24H12ClF5O5. The lowest BCUT2D eigenvalue weighted by molar-refractivity contribution is -0.141. The number of ketones is 1. The van der Waals surface area contributed by atoms with Gasteiger partial charge in [0.25, 0.3) is 0 Å². The Labute approximate surface area is 199 Å². The zero-order valence-corrected chi connectivity index (χ0v) is 18.3. The lowest BCUT2D eigenvalue weighted by Crippen LogP contribution is -2.29. The molecule has 0 fully saturated rings. The first-order chi connectivity index (χ1) is 16.6. The maximum absolute atomic E-state index is 13.8. The monoisotopic (exact) mass is 510 g/mol. The van der Waals surface area contributed by atoms with E-state index < -0.39 is 52.7 Å². The van der Waals surface area contributed by atoms with Crippen molar-refractivity contribution in [2.75, 3.05) is 0 Å². The Kier molecular flexibility index (Phi) is 6.49. The van der Waals surface area contributed by atoms with Crippen LogP contribution in [0.5, 0.6) is 17.2 Å². The van der Waals surface area contributed by atoms with Crippen LogP contribution >= 0.6 is 11.6 Å². The van der Waals surface area contributed by atoms with Gasteiger partial charge in [-0.3, -0.25) is 4.79 Å². The first kappa shape index (κ1) is 24.2. The van der Waals surface area contributed by atoms with Crippen molar-refractivity contribution in [2.45, 2.75) is 13.0 Å². The Morgan fingerprint density at radius 1 is 0.971 bits per heavy atom. The van der Waals surface area contributed by atoms with Crippen molar-refractivity contribution in [1.82, 2.24) is 0 Å². The van der Waals surface area contributed by atoms with E-state index in [4.69, 9.17) is 21.1 Å². The molecule has 0 bridgehead atoms. The molecule has 4 rings (SSSR count). The molecule has 0 spiro atoms. The number of allylic oxidation sites excluding steroid dienone is 1. The van der Waals surface area contributed by atoms with Gasteiger partial charge >= 0.3 is 5.97 Å². The topological polar surface area (TPSA) is 61.8 Å². The Morgan fingerprint density at radius 2 is 1.60 bits per heavy atom. The maximum Gasteiger partial charge on any atom is 0.352 e. The van der Waals surface area contributed by atoms with Crippen LogP contribution in [0, 0.1) is 29.1 Å². The number of halogens is 6. The molecule has 0 radical (unpaired) electrons. The minimum atomic E-state index is -2.36. The van der Waals surface area contributed by atoms with E-state index in [-0.39, 0.29) is 22.8 Å². The number of ether oxygens (including phenoxy) is 3. The fourth-order valence-corrected chi connectivity index (χ4v) is 3.27. The van der Waals surface area contributed by atoms with Gasteiger partial charge in [0, 0.05) is 11.1 Å². The molecular weight excluding hydrogens is 499 g/mol. The van der Waals surface area contributed by atoms with Crippen LogP contribution in [0.15, 0.2) is 48.2 Å². The zero-order valence-electron chi connectivity index (χ0n) is 17.5. The molecule has 3 aromatic rings. The molecule has 1 atom stereocenters. The maximum atomic E-state index is 13.8. The van der Waals surface area contributed by atoms with E-state index in [1.807, 2.05) is 0 Å². The van der Waals surface area contributed by atoms with Crippen molar-refractivity contribution >= 4 is 29.4 Å². The second-order valence-corrected chi connectivity index (χ2v) is 7.61. The molecule has 0 saturated carbocycles. The number of carbonyl (C=O) groups excluding carboxylic acids is 2. The minimum absolute atomic E-state index is 0.0282. The van der Waals surface area contributed by atoms with Crippen LogP contribution < -0.4 is 14.2 Å². The molecule has 11 heteroatoms. The highest BCUT2D eigenvalue weighted by Gasteiger charge is 2.31. The van der Waals surface area contributed by atoms with Crippen molar-refractivity contribution in [2.24, 2.45) is 0 Å². The van der Waals surface area contributed by atoms with E-state index in [0.717, 1.165) is 6.92 Å². The van der Waals surface area contributed by atoms with E-state index in [2.05, 4.69) is 4.74 Å². The summed E-state index contributed by atoms with van der Waals surface area (Å²) in [7, 11) is 0. The molecule has 0 saturated heterocycles. The number of carbonyl (C=O) groups is 2. The summed E-state index contributed by atoms with van der Waals surface area (Å²) in [4.78, 5) is 24.9. The van der Waals surface area contributed by atoms with Crippen molar-refractivity contribution in [3.63, 3.8) is 0 Å². The fourth-order valence-electron chi connectivity index (χ4n) is 3.08. The number of Topliss-reactive ketones (excluding diaryl/α,β-unsaturated/α-hetero) is 1. The van der Waals surface area contributed by atoms with Gasteiger partial charge in [0.05, 0.1) is 5.56 Å². The first-order valence-corrected chi connectivity index (χ1v) is 10.2. The highest BCUT2D eigenvalue weighted by molar-refractivity contribution is 6.32. The van der Waals surface area contributed by atoms with Gasteiger partial charge in [-0.15, -0.1) is 0 Å². The van der Waals surface area contributed by atoms with Crippen LogP contribution in [0.25, 0.3) is 6.08 Å². The summed E-state index contributed by atoms with van der Waals surface area (Å²) in [5.74, 6) is -14.7. The molecule has 1 unspecified atom stereocenters. The second-order valence-electron chi connectivity index (χ2n) is 7.20. The molecule has 5 nitrogen and oxygen atoms in total. The molecule has 0 aromatic heterocycles. The quantitative estimate of drug-likeness (QED) is 0.105. The fraction of sp³-hybridized carbons (Fsp3) is 0.0833. The number of esters is 1. The van der Waals surface area contributed by atoms with E-state index in [0.29, 0.717) is 10.6 Å². The normalized spacial score (nSPS) is 14.5. The highest BCUT2D eigenvalue weighted by atomic mass is 35.5. The molecule has 0 amide bonds. The van der Waals surface area contributed by atoms with Crippen molar-refractivity contribution in [3.8, 4) is 17.2 Å². The van der Waals surface area contributed by atoms with Crippen LogP contribution in [0.3, 0.4) is 0 Å². The van der Waals surface area contributed by atoms with Crippen LogP contribution in [-0.4, -0.2) is 17.9 Å². The summed E-state index contributed by atoms with van der Waals surface area (Å²) in [6.07, 6.45) is -0.328. The molecule has 1 aliphatic rings. The molecule has 0 aliphatic carbocycles. The van der Waals surface area contributed by atoms with Crippen molar-refractivity contribution < 1.29 is 45.8 Å². The molecule has 1 aliphatic heterocycles. The predicted octanol–water partition coefficient (Wildman–Crippen LogP) is 6.02. The predicted molar refractivity (Wildman–Crippen MR) is 113 cm³/mol. The van der Waals surface area contributed by atoms with Gasteiger partial charge in [-0.05, 0) is 36.8 Å². The van der Waals surface area contributed by atoms with Crippen LogP contribution in [0.1, 0.15) is 22.8 Å². The van der Waals surface area contributed by atoms with Gasteiger partial charge in [0.2, 0.25) is 34.9 Å². The first-order valence-electron chi connectivity index (χ1n) is 9.81. The van der Waals surface area contributed by atoms with E-state index in [1.165, 1.54) is 24.3 Å². The van der Waals surface area contributed by atoms with Crippen molar-refractivity contribution in [1.29, 1.82) is 0 Å². The molecule has 180 valence electrons. The largest absolute Gasteiger partial charge is 0.473 e. The lowest BCUT2D eigenvalue weighted by Gasteiger charge is -2.15.